The Kier molecular flexibility index (Phi) is 4.58. The number of halogens is 1. The van der Waals surface area contributed by atoms with Gasteiger partial charge in [-0.05, 0) is 31.8 Å². The molecule has 2 amide bonds. The number of hydrogen-bond donors (Lipinski definition) is 2. The zero-order chi connectivity index (χ0) is 12.1. The second kappa shape index (κ2) is 5.72. The van der Waals surface area contributed by atoms with Gasteiger partial charge in [-0.3, -0.25) is 0 Å². The number of carbonyl (C=O) groups is 1. The van der Waals surface area contributed by atoms with Crippen LogP contribution in [0.25, 0.3) is 0 Å². The molecule has 0 aliphatic rings. The number of nitrogens with two attached hydrogens (primary N) is 1. The smallest absolute Gasteiger partial charge is 0.312 e. The average molecular weight is 242 g/mol. The first-order valence-electron chi connectivity index (χ1n) is 4.95. The highest BCUT2D eigenvalue weighted by Crippen LogP contribution is 2.16. The Balaban J connectivity index is 2.82. The molecule has 0 bridgehead atoms. The van der Waals surface area contributed by atoms with Crippen molar-refractivity contribution < 1.29 is 4.79 Å². The van der Waals surface area contributed by atoms with Gasteiger partial charge in [0.05, 0.1) is 6.04 Å². The molecule has 1 aromatic rings. The number of carbonyl (C=O) groups excluding carboxylic acids is 1. The number of amides is 2. The summed E-state index contributed by atoms with van der Waals surface area (Å²) in [7, 11) is 3.87. The van der Waals surface area contributed by atoms with Crippen LogP contribution in [0.2, 0.25) is 5.02 Å². The van der Waals surface area contributed by atoms with E-state index in [1.165, 1.54) is 0 Å². The minimum Gasteiger partial charge on any atom is -0.352 e. The summed E-state index contributed by atoms with van der Waals surface area (Å²) < 4.78 is 0. The van der Waals surface area contributed by atoms with Gasteiger partial charge >= 0.3 is 6.03 Å². The topological polar surface area (TPSA) is 58.4 Å². The Morgan fingerprint density at radius 3 is 2.44 bits per heavy atom. The summed E-state index contributed by atoms with van der Waals surface area (Å²) in [5.74, 6) is 0. The lowest BCUT2D eigenvalue weighted by atomic mass is 10.1. The van der Waals surface area contributed by atoms with Crippen LogP contribution in [0.3, 0.4) is 0 Å². The molecule has 1 rings (SSSR count). The van der Waals surface area contributed by atoms with Gasteiger partial charge in [-0.2, -0.15) is 0 Å². The number of hydrogen-bond acceptors (Lipinski definition) is 2. The normalized spacial score (nSPS) is 12.5. The third-order valence-electron chi connectivity index (χ3n) is 2.14. The highest BCUT2D eigenvalue weighted by atomic mass is 35.5. The quantitative estimate of drug-likeness (QED) is 0.842. The fourth-order valence-electron chi connectivity index (χ4n) is 1.47. The Hall–Kier alpha value is -1.26. The molecule has 0 heterocycles. The average Bonchev–Trinajstić information content (AvgIpc) is 2.16. The summed E-state index contributed by atoms with van der Waals surface area (Å²) in [5, 5.41) is 3.37. The maximum atomic E-state index is 10.9. The van der Waals surface area contributed by atoms with Gasteiger partial charge in [0, 0.05) is 11.6 Å². The SMILES string of the molecule is CN(C)CC(NC(N)=O)c1ccc(Cl)cc1. The predicted octanol–water partition coefficient (Wildman–Crippen LogP) is 1.61. The molecule has 1 aromatic carbocycles. The number of primary amides is 1. The van der Waals surface area contributed by atoms with Crippen LogP contribution in [-0.4, -0.2) is 31.6 Å². The number of nitrogens with one attached hydrogen (secondary N) is 1. The molecule has 1 unspecified atom stereocenters. The van der Waals surface area contributed by atoms with Crippen molar-refractivity contribution in [2.24, 2.45) is 5.73 Å². The van der Waals surface area contributed by atoms with Crippen LogP contribution in [0.5, 0.6) is 0 Å². The maximum absolute atomic E-state index is 10.9. The molecule has 0 radical (unpaired) electrons. The van der Waals surface area contributed by atoms with E-state index in [1.54, 1.807) is 12.1 Å². The van der Waals surface area contributed by atoms with Crippen molar-refractivity contribution in [3.8, 4) is 0 Å². The van der Waals surface area contributed by atoms with E-state index in [-0.39, 0.29) is 6.04 Å². The number of benzene rings is 1. The van der Waals surface area contributed by atoms with Crippen molar-refractivity contribution in [3.05, 3.63) is 34.9 Å². The Bertz CT molecular complexity index is 351. The summed E-state index contributed by atoms with van der Waals surface area (Å²) in [6, 6.07) is 6.70. The predicted molar refractivity (Wildman–Crippen MR) is 65.5 cm³/mol. The monoisotopic (exact) mass is 241 g/mol. The summed E-state index contributed by atoms with van der Waals surface area (Å²) in [6.07, 6.45) is 0. The van der Waals surface area contributed by atoms with Crippen molar-refractivity contribution in [3.63, 3.8) is 0 Å². The molecule has 1 atom stereocenters. The van der Waals surface area contributed by atoms with Crippen LogP contribution >= 0.6 is 11.6 Å². The van der Waals surface area contributed by atoms with Crippen molar-refractivity contribution in [1.82, 2.24) is 10.2 Å². The molecular formula is C11H16ClN3O. The number of likely N-dealkylation sites (N-methyl/N-ethyl adjacent to an activating group) is 1. The van der Waals surface area contributed by atoms with Crippen LogP contribution in [0.15, 0.2) is 24.3 Å². The van der Waals surface area contributed by atoms with Gasteiger partial charge in [0.2, 0.25) is 0 Å². The van der Waals surface area contributed by atoms with E-state index in [0.29, 0.717) is 11.6 Å². The standard InChI is InChI=1S/C11H16ClN3O/c1-15(2)7-10(14-11(13)16)8-3-5-9(12)6-4-8/h3-6,10H,7H2,1-2H3,(H3,13,14,16). The number of urea groups is 1. The van der Waals surface area contributed by atoms with E-state index in [4.69, 9.17) is 17.3 Å². The molecule has 88 valence electrons. The van der Waals surface area contributed by atoms with Gasteiger partial charge in [0.25, 0.3) is 0 Å². The van der Waals surface area contributed by atoms with E-state index in [1.807, 2.05) is 31.1 Å². The zero-order valence-corrected chi connectivity index (χ0v) is 10.2. The lowest BCUT2D eigenvalue weighted by Gasteiger charge is -2.21. The van der Waals surface area contributed by atoms with E-state index in [9.17, 15) is 4.79 Å². The molecule has 0 saturated heterocycles. The molecule has 3 N–H and O–H groups in total. The minimum atomic E-state index is -0.526. The van der Waals surface area contributed by atoms with Crippen molar-refractivity contribution in [2.45, 2.75) is 6.04 Å². The van der Waals surface area contributed by atoms with Crippen molar-refractivity contribution in [2.75, 3.05) is 20.6 Å². The third-order valence-corrected chi connectivity index (χ3v) is 2.39. The van der Waals surface area contributed by atoms with Crippen molar-refractivity contribution in [1.29, 1.82) is 0 Å². The maximum Gasteiger partial charge on any atom is 0.312 e. The third kappa shape index (κ3) is 4.08. The van der Waals surface area contributed by atoms with Crippen LogP contribution in [-0.2, 0) is 0 Å². The first-order chi connectivity index (χ1) is 7.49. The van der Waals surface area contributed by atoms with Gasteiger partial charge in [0.15, 0.2) is 0 Å². The molecule has 4 nitrogen and oxygen atoms in total. The highest BCUT2D eigenvalue weighted by Gasteiger charge is 2.13. The second-order valence-electron chi connectivity index (χ2n) is 3.87. The van der Waals surface area contributed by atoms with Crippen LogP contribution in [0.4, 0.5) is 4.79 Å². The fraction of sp³-hybridized carbons (Fsp3) is 0.364. The Morgan fingerprint density at radius 1 is 1.44 bits per heavy atom. The van der Waals surface area contributed by atoms with Gasteiger partial charge in [-0.15, -0.1) is 0 Å². The molecule has 0 spiro atoms. The Labute approximate surface area is 100 Å². The summed E-state index contributed by atoms with van der Waals surface area (Å²) in [4.78, 5) is 12.9. The van der Waals surface area contributed by atoms with Gasteiger partial charge in [-0.1, -0.05) is 23.7 Å². The zero-order valence-electron chi connectivity index (χ0n) is 9.40. The first-order valence-corrected chi connectivity index (χ1v) is 5.33. The molecule has 0 fully saturated rings. The summed E-state index contributed by atoms with van der Waals surface area (Å²) in [6.45, 7) is 0.685. The summed E-state index contributed by atoms with van der Waals surface area (Å²) >= 11 is 5.81. The fourth-order valence-corrected chi connectivity index (χ4v) is 1.59. The molecule has 0 saturated carbocycles. The summed E-state index contributed by atoms with van der Waals surface area (Å²) in [5.41, 5.74) is 6.12. The lowest BCUT2D eigenvalue weighted by molar-refractivity contribution is 0.241. The van der Waals surface area contributed by atoms with Gasteiger partial charge < -0.3 is 16.0 Å². The largest absolute Gasteiger partial charge is 0.352 e. The molecular weight excluding hydrogens is 226 g/mol. The van der Waals surface area contributed by atoms with Crippen LogP contribution in [0, 0.1) is 0 Å². The Morgan fingerprint density at radius 2 is 2.00 bits per heavy atom. The van der Waals surface area contributed by atoms with Gasteiger partial charge in [0.1, 0.15) is 0 Å². The molecule has 0 aliphatic carbocycles. The molecule has 0 aliphatic heterocycles. The second-order valence-corrected chi connectivity index (χ2v) is 4.31. The van der Waals surface area contributed by atoms with Crippen LogP contribution < -0.4 is 11.1 Å². The van der Waals surface area contributed by atoms with E-state index < -0.39 is 6.03 Å². The van der Waals surface area contributed by atoms with E-state index in [2.05, 4.69) is 5.32 Å². The molecule has 0 aromatic heterocycles. The van der Waals surface area contributed by atoms with Gasteiger partial charge in [-0.25, -0.2) is 4.79 Å². The highest BCUT2D eigenvalue weighted by molar-refractivity contribution is 6.30. The van der Waals surface area contributed by atoms with E-state index in [0.717, 1.165) is 5.56 Å². The van der Waals surface area contributed by atoms with E-state index >= 15 is 0 Å². The first kappa shape index (κ1) is 12.8. The number of nitrogens with zero attached hydrogens (tertiary/aromatic N) is 1. The van der Waals surface area contributed by atoms with Crippen molar-refractivity contribution >= 4 is 17.6 Å². The minimum absolute atomic E-state index is 0.121. The number of rotatable bonds is 4. The van der Waals surface area contributed by atoms with Crippen LogP contribution in [0.1, 0.15) is 11.6 Å². The molecule has 16 heavy (non-hydrogen) atoms. The lowest BCUT2D eigenvalue weighted by Crippen LogP contribution is -2.38. The molecule has 5 heteroatoms.